The summed E-state index contributed by atoms with van der Waals surface area (Å²) >= 11 is 0. The zero-order chi connectivity index (χ0) is 14.4. The quantitative estimate of drug-likeness (QED) is 0.809. The Hall–Kier alpha value is -2.27. The average Bonchev–Trinajstić information content (AvgIpc) is 2.52. The minimum Gasteiger partial charge on any atom is -0.489 e. The molecule has 0 saturated heterocycles. The Morgan fingerprint density at radius 1 is 1.00 bits per heavy atom. The third-order valence-corrected chi connectivity index (χ3v) is 3.44. The van der Waals surface area contributed by atoms with Crippen LogP contribution in [0.25, 0.3) is 0 Å². The van der Waals surface area contributed by atoms with E-state index < -0.39 is 0 Å². The van der Waals surface area contributed by atoms with Crippen molar-refractivity contribution >= 4 is 0 Å². The maximum absolute atomic E-state index is 9.08. The zero-order valence-corrected chi connectivity index (χ0v) is 12.0. The summed E-state index contributed by atoms with van der Waals surface area (Å²) in [5.74, 6) is 0.914. The molecule has 102 valence electrons. The molecule has 2 rings (SSSR count). The summed E-state index contributed by atoms with van der Waals surface area (Å²) in [7, 11) is 0. The van der Waals surface area contributed by atoms with E-state index in [4.69, 9.17) is 10.00 Å². The second kappa shape index (κ2) is 6.77. The van der Waals surface area contributed by atoms with Gasteiger partial charge in [0.05, 0.1) is 11.6 Å². The fourth-order valence-corrected chi connectivity index (χ4v) is 2.18. The first kappa shape index (κ1) is 14.1. The van der Waals surface area contributed by atoms with Gasteiger partial charge >= 0.3 is 0 Å². The number of hydrogen-bond donors (Lipinski definition) is 0. The van der Waals surface area contributed by atoms with Crippen LogP contribution in [0, 0.1) is 11.3 Å². The highest BCUT2D eigenvalue weighted by Gasteiger charge is 2.06. The number of rotatable bonds is 5. The van der Waals surface area contributed by atoms with Crippen molar-refractivity contribution < 1.29 is 4.74 Å². The number of nitrogens with zero attached hydrogens (tertiary/aromatic N) is 1. The van der Waals surface area contributed by atoms with Crippen molar-refractivity contribution in [3.63, 3.8) is 0 Å². The molecular weight excluding hydrogens is 246 g/mol. The normalized spacial score (nSPS) is 10.1. The fraction of sp³-hybridized carbons (Fsp3) is 0.278. The van der Waals surface area contributed by atoms with Crippen molar-refractivity contribution in [2.45, 2.75) is 33.3 Å². The van der Waals surface area contributed by atoms with E-state index in [1.807, 2.05) is 30.3 Å². The predicted octanol–water partition coefficient (Wildman–Crippen LogP) is 4.26. The standard InChI is InChI=1S/C18H19NO/c1-3-14-9-10-18(15(4-2)11-14)20-13-17-8-6-5-7-16(17)12-19/h5-11H,3-4,13H2,1-2H3. The molecule has 2 aromatic carbocycles. The summed E-state index contributed by atoms with van der Waals surface area (Å²) in [5.41, 5.74) is 4.15. The Kier molecular flexibility index (Phi) is 4.79. The lowest BCUT2D eigenvalue weighted by molar-refractivity contribution is 0.303. The van der Waals surface area contributed by atoms with Gasteiger partial charge in [-0.15, -0.1) is 0 Å². The van der Waals surface area contributed by atoms with Gasteiger partial charge in [-0.3, -0.25) is 0 Å². The maximum atomic E-state index is 9.08. The molecule has 0 aliphatic heterocycles. The molecule has 0 heterocycles. The Labute approximate surface area is 120 Å². The summed E-state index contributed by atoms with van der Waals surface area (Å²) in [6, 6.07) is 16.1. The summed E-state index contributed by atoms with van der Waals surface area (Å²) < 4.78 is 5.90. The molecule has 0 amide bonds. The van der Waals surface area contributed by atoms with Crippen molar-refractivity contribution in [3.8, 4) is 11.8 Å². The number of benzene rings is 2. The lowest BCUT2D eigenvalue weighted by Gasteiger charge is -2.12. The average molecular weight is 265 g/mol. The van der Waals surface area contributed by atoms with Gasteiger partial charge in [-0.1, -0.05) is 44.2 Å². The summed E-state index contributed by atoms with van der Waals surface area (Å²) in [5, 5.41) is 9.08. The van der Waals surface area contributed by atoms with Gasteiger partial charge in [-0.05, 0) is 36.1 Å². The Morgan fingerprint density at radius 2 is 1.80 bits per heavy atom. The molecule has 0 bridgehead atoms. The summed E-state index contributed by atoms with van der Waals surface area (Å²) in [6.45, 7) is 4.71. The molecule has 0 N–H and O–H groups in total. The second-order valence-electron chi connectivity index (χ2n) is 4.71. The number of nitriles is 1. The van der Waals surface area contributed by atoms with Crippen LogP contribution < -0.4 is 4.74 Å². The van der Waals surface area contributed by atoms with E-state index in [0.29, 0.717) is 12.2 Å². The maximum Gasteiger partial charge on any atom is 0.123 e. The molecule has 0 aliphatic carbocycles. The Bertz CT molecular complexity index is 626. The topological polar surface area (TPSA) is 33.0 Å². The van der Waals surface area contributed by atoms with E-state index in [1.165, 1.54) is 11.1 Å². The predicted molar refractivity (Wildman–Crippen MR) is 80.7 cm³/mol. The first-order valence-electron chi connectivity index (χ1n) is 7.01. The molecule has 0 spiro atoms. The highest BCUT2D eigenvalue weighted by molar-refractivity contribution is 5.39. The van der Waals surface area contributed by atoms with Gasteiger partial charge in [0, 0.05) is 5.56 Å². The summed E-state index contributed by atoms with van der Waals surface area (Å²) in [6.07, 6.45) is 1.98. The first-order valence-corrected chi connectivity index (χ1v) is 7.01. The van der Waals surface area contributed by atoms with Crippen molar-refractivity contribution in [2.75, 3.05) is 0 Å². The fourth-order valence-electron chi connectivity index (χ4n) is 2.18. The SMILES string of the molecule is CCc1ccc(OCc2ccccc2C#N)c(CC)c1. The Morgan fingerprint density at radius 3 is 2.50 bits per heavy atom. The van der Waals surface area contributed by atoms with Crippen molar-refractivity contribution in [3.05, 3.63) is 64.7 Å². The Balaban J connectivity index is 2.17. The van der Waals surface area contributed by atoms with Gasteiger partial charge in [-0.2, -0.15) is 5.26 Å². The minimum atomic E-state index is 0.433. The van der Waals surface area contributed by atoms with E-state index in [-0.39, 0.29) is 0 Å². The van der Waals surface area contributed by atoms with E-state index >= 15 is 0 Å². The first-order chi connectivity index (χ1) is 9.78. The second-order valence-corrected chi connectivity index (χ2v) is 4.71. The van der Waals surface area contributed by atoms with E-state index in [0.717, 1.165) is 24.2 Å². The summed E-state index contributed by atoms with van der Waals surface area (Å²) in [4.78, 5) is 0. The number of hydrogen-bond acceptors (Lipinski definition) is 2. The van der Waals surface area contributed by atoms with E-state index in [2.05, 4.69) is 32.0 Å². The van der Waals surface area contributed by atoms with Crippen LogP contribution in [0.15, 0.2) is 42.5 Å². The van der Waals surface area contributed by atoms with Crippen LogP contribution in [0.2, 0.25) is 0 Å². The molecule has 0 saturated carbocycles. The largest absolute Gasteiger partial charge is 0.489 e. The smallest absolute Gasteiger partial charge is 0.123 e. The molecule has 0 fully saturated rings. The molecular formula is C18H19NO. The van der Waals surface area contributed by atoms with Gasteiger partial charge < -0.3 is 4.74 Å². The van der Waals surface area contributed by atoms with E-state index in [1.54, 1.807) is 0 Å². The molecule has 2 nitrogen and oxygen atoms in total. The highest BCUT2D eigenvalue weighted by atomic mass is 16.5. The lowest BCUT2D eigenvalue weighted by Crippen LogP contribution is -2.01. The van der Waals surface area contributed by atoms with Crippen LogP contribution in [-0.2, 0) is 19.4 Å². The van der Waals surface area contributed by atoms with Crippen LogP contribution in [0.5, 0.6) is 5.75 Å². The van der Waals surface area contributed by atoms with Crippen molar-refractivity contribution in [2.24, 2.45) is 0 Å². The number of aryl methyl sites for hydroxylation is 2. The van der Waals surface area contributed by atoms with Gasteiger partial charge in [-0.25, -0.2) is 0 Å². The van der Waals surface area contributed by atoms with E-state index in [9.17, 15) is 0 Å². The molecule has 0 radical (unpaired) electrons. The molecule has 0 aliphatic rings. The van der Waals surface area contributed by atoms with Gasteiger partial charge in [0.25, 0.3) is 0 Å². The molecule has 20 heavy (non-hydrogen) atoms. The molecule has 0 aromatic heterocycles. The van der Waals surface area contributed by atoms with Crippen LogP contribution >= 0.6 is 0 Å². The molecule has 0 atom stereocenters. The van der Waals surface area contributed by atoms with Gasteiger partial charge in [0.2, 0.25) is 0 Å². The zero-order valence-electron chi connectivity index (χ0n) is 12.0. The van der Waals surface area contributed by atoms with Crippen LogP contribution in [0.3, 0.4) is 0 Å². The minimum absolute atomic E-state index is 0.433. The van der Waals surface area contributed by atoms with Crippen LogP contribution in [0.1, 0.15) is 36.1 Å². The van der Waals surface area contributed by atoms with Gasteiger partial charge in [0.15, 0.2) is 0 Å². The van der Waals surface area contributed by atoms with Gasteiger partial charge in [0.1, 0.15) is 12.4 Å². The molecule has 0 unspecified atom stereocenters. The third-order valence-electron chi connectivity index (χ3n) is 3.44. The monoisotopic (exact) mass is 265 g/mol. The molecule has 2 heteroatoms. The van der Waals surface area contributed by atoms with Crippen LogP contribution in [0.4, 0.5) is 0 Å². The lowest BCUT2D eigenvalue weighted by atomic mass is 10.1. The number of ether oxygens (including phenoxy) is 1. The van der Waals surface area contributed by atoms with Crippen molar-refractivity contribution in [1.29, 1.82) is 5.26 Å². The molecule has 2 aromatic rings. The van der Waals surface area contributed by atoms with Crippen molar-refractivity contribution in [1.82, 2.24) is 0 Å². The highest BCUT2D eigenvalue weighted by Crippen LogP contribution is 2.23. The van der Waals surface area contributed by atoms with Crippen LogP contribution in [-0.4, -0.2) is 0 Å². The third kappa shape index (κ3) is 3.19.